The second kappa shape index (κ2) is 2.81. The van der Waals surface area contributed by atoms with Crippen LogP contribution in [0.5, 0.6) is 0 Å². The van der Waals surface area contributed by atoms with Gasteiger partial charge in [-0.3, -0.25) is 0 Å². The average Bonchev–Trinajstić information content (AvgIpc) is 2.31. The summed E-state index contributed by atoms with van der Waals surface area (Å²) in [5.41, 5.74) is 0. The lowest BCUT2D eigenvalue weighted by Gasteiger charge is -2.16. The van der Waals surface area contributed by atoms with Crippen LogP contribution in [0.4, 0.5) is 13.2 Å². The summed E-state index contributed by atoms with van der Waals surface area (Å²) in [5, 5.41) is 0. The van der Waals surface area contributed by atoms with Gasteiger partial charge in [0, 0.05) is 6.61 Å². The first-order valence-electron chi connectivity index (χ1n) is 3.19. The molecule has 1 heterocycles. The van der Waals surface area contributed by atoms with Gasteiger partial charge in [0.25, 0.3) is 0 Å². The van der Waals surface area contributed by atoms with Crippen molar-refractivity contribution in [2.24, 2.45) is 5.92 Å². The maximum atomic E-state index is 11.9. The van der Waals surface area contributed by atoms with Crippen LogP contribution in [0.1, 0.15) is 6.42 Å². The fraction of sp³-hybridized carbons (Fsp3) is 0.833. The van der Waals surface area contributed by atoms with Gasteiger partial charge in [-0.1, -0.05) is 0 Å². The molecule has 1 saturated heterocycles. The molecule has 0 bridgehead atoms. The van der Waals surface area contributed by atoms with Crippen LogP contribution in [0, 0.1) is 5.92 Å². The minimum Gasteiger partial charge on any atom is -0.368 e. The van der Waals surface area contributed by atoms with Gasteiger partial charge in [0.1, 0.15) is 6.29 Å². The lowest BCUT2D eigenvalue weighted by atomic mass is 10.0. The van der Waals surface area contributed by atoms with Crippen molar-refractivity contribution in [1.82, 2.24) is 0 Å². The molecule has 0 amide bonds. The highest BCUT2D eigenvalue weighted by molar-refractivity contribution is 5.55. The molecule has 1 rings (SSSR count). The van der Waals surface area contributed by atoms with Gasteiger partial charge in [-0.25, -0.2) is 0 Å². The number of ether oxygens (including phenoxy) is 1. The maximum Gasteiger partial charge on any atom is 0.415 e. The van der Waals surface area contributed by atoms with Gasteiger partial charge in [0.15, 0.2) is 6.10 Å². The molecule has 1 aliphatic heterocycles. The Labute approximate surface area is 61.3 Å². The summed E-state index contributed by atoms with van der Waals surface area (Å²) in [5.74, 6) is -1.00. The van der Waals surface area contributed by atoms with E-state index >= 15 is 0 Å². The average molecular weight is 168 g/mol. The molecule has 0 spiro atoms. The number of rotatable bonds is 1. The van der Waals surface area contributed by atoms with Crippen molar-refractivity contribution in [2.75, 3.05) is 6.61 Å². The van der Waals surface area contributed by atoms with Crippen LogP contribution in [0.25, 0.3) is 0 Å². The largest absolute Gasteiger partial charge is 0.415 e. The van der Waals surface area contributed by atoms with Crippen LogP contribution in [0.3, 0.4) is 0 Å². The Kier molecular flexibility index (Phi) is 2.17. The van der Waals surface area contributed by atoms with Gasteiger partial charge in [-0.05, 0) is 6.42 Å². The number of aldehydes is 1. The molecule has 2 atom stereocenters. The molecule has 0 N–H and O–H groups in total. The maximum absolute atomic E-state index is 11.9. The first-order chi connectivity index (χ1) is 5.05. The summed E-state index contributed by atoms with van der Waals surface area (Å²) in [4.78, 5) is 10.1. The van der Waals surface area contributed by atoms with Crippen LogP contribution in [0.2, 0.25) is 0 Å². The Morgan fingerprint density at radius 2 is 2.09 bits per heavy atom. The molecule has 0 aromatic rings. The minimum absolute atomic E-state index is 0.0214. The molecule has 1 aliphatic rings. The van der Waals surface area contributed by atoms with E-state index in [1.807, 2.05) is 0 Å². The van der Waals surface area contributed by atoms with E-state index in [1.54, 1.807) is 0 Å². The Balaban J connectivity index is 2.63. The van der Waals surface area contributed by atoms with Gasteiger partial charge in [0.2, 0.25) is 0 Å². The molecule has 0 aromatic heterocycles. The van der Waals surface area contributed by atoms with Crippen molar-refractivity contribution in [3.05, 3.63) is 0 Å². The van der Waals surface area contributed by atoms with E-state index in [9.17, 15) is 18.0 Å². The Hall–Kier alpha value is -0.580. The zero-order valence-corrected chi connectivity index (χ0v) is 5.60. The SMILES string of the molecule is O=C[C@H]1CCO[C@@H]1C(F)(F)F. The molecular weight excluding hydrogens is 161 g/mol. The van der Waals surface area contributed by atoms with Crippen molar-refractivity contribution < 1.29 is 22.7 Å². The number of carbonyl (C=O) groups excluding carboxylic acids is 1. The predicted octanol–water partition coefficient (Wildman–Crippen LogP) is 1.15. The van der Waals surface area contributed by atoms with Crippen molar-refractivity contribution in [3.63, 3.8) is 0 Å². The summed E-state index contributed by atoms with van der Waals surface area (Å²) in [6, 6.07) is 0. The first kappa shape index (κ1) is 8.52. The summed E-state index contributed by atoms with van der Waals surface area (Å²) < 4.78 is 40.1. The van der Waals surface area contributed by atoms with Crippen molar-refractivity contribution in [3.8, 4) is 0 Å². The van der Waals surface area contributed by atoms with Crippen LogP contribution >= 0.6 is 0 Å². The number of hydrogen-bond acceptors (Lipinski definition) is 2. The van der Waals surface area contributed by atoms with Gasteiger partial charge in [0.05, 0.1) is 5.92 Å². The molecule has 1 fully saturated rings. The summed E-state index contributed by atoms with van der Waals surface area (Å²) >= 11 is 0. The standard InChI is InChI=1S/C6H7F3O2/c7-6(8,9)5-4(3-10)1-2-11-5/h3-5H,1-2H2/t4-,5+/m1/s1. The summed E-state index contributed by atoms with van der Waals surface area (Å²) in [7, 11) is 0. The highest BCUT2D eigenvalue weighted by atomic mass is 19.4. The highest BCUT2D eigenvalue weighted by Crippen LogP contribution is 2.33. The molecule has 0 aliphatic carbocycles. The van der Waals surface area contributed by atoms with E-state index < -0.39 is 18.2 Å². The van der Waals surface area contributed by atoms with Gasteiger partial charge in [-0.15, -0.1) is 0 Å². The fourth-order valence-corrected chi connectivity index (χ4v) is 1.08. The molecule has 0 saturated carbocycles. The van der Waals surface area contributed by atoms with Gasteiger partial charge in [-0.2, -0.15) is 13.2 Å². The molecule has 0 radical (unpaired) electrons. The minimum atomic E-state index is -4.40. The second-order valence-electron chi connectivity index (χ2n) is 2.42. The molecule has 2 nitrogen and oxygen atoms in total. The third-order valence-electron chi connectivity index (χ3n) is 1.63. The monoisotopic (exact) mass is 168 g/mol. The molecular formula is C6H7F3O2. The number of hydrogen-bond donors (Lipinski definition) is 0. The van der Waals surface area contributed by atoms with Gasteiger partial charge >= 0.3 is 6.18 Å². The smallest absolute Gasteiger partial charge is 0.368 e. The van der Waals surface area contributed by atoms with Crippen molar-refractivity contribution >= 4 is 6.29 Å². The molecule has 0 unspecified atom stereocenters. The Morgan fingerprint density at radius 1 is 1.45 bits per heavy atom. The lowest BCUT2D eigenvalue weighted by molar-refractivity contribution is -0.214. The lowest BCUT2D eigenvalue weighted by Crippen LogP contribution is -2.34. The van der Waals surface area contributed by atoms with Crippen molar-refractivity contribution in [2.45, 2.75) is 18.7 Å². The van der Waals surface area contributed by atoms with E-state index in [0.29, 0.717) is 6.29 Å². The molecule has 0 aromatic carbocycles. The second-order valence-corrected chi connectivity index (χ2v) is 2.42. The first-order valence-corrected chi connectivity index (χ1v) is 3.19. The molecule has 11 heavy (non-hydrogen) atoms. The number of halogens is 3. The van der Waals surface area contributed by atoms with Crippen LogP contribution in [-0.2, 0) is 9.53 Å². The number of alkyl halides is 3. The zero-order chi connectivity index (χ0) is 8.48. The van der Waals surface area contributed by atoms with Crippen LogP contribution in [0.15, 0.2) is 0 Å². The fourth-order valence-electron chi connectivity index (χ4n) is 1.08. The third kappa shape index (κ3) is 1.71. The normalized spacial score (nSPS) is 32.3. The van der Waals surface area contributed by atoms with E-state index in [1.165, 1.54) is 0 Å². The zero-order valence-electron chi connectivity index (χ0n) is 5.60. The Morgan fingerprint density at radius 3 is 2.45 bits per heavy atom. The van der Waals surface area contributed by atoms with E-state index in [4.69, 9.17) is 0 Å². The molecule has 5 heteroatoms. The third-order valence-corrected chi connectivity index (χ3v) is 1.63. The predicted molar refractivity (Wildman–Crippen MR) is 30.0 cm³/mol. The highest BCUT2D eigenvalue weighted by Gasteiger charge is 2.48. The van der Waals surface area contributed by atoms with Crippen molar-refractivity contribution in [1.29, 1.82) is 0 Å². The van der Waals surface area contributed by atoms with E-state index in [2.05, 4.69) is 4.74 Å². The van der Waals surface area contributed by atoms with Crippen LogP contribution in [-0.4, -0.2) is 25.2 Å². The topological polar surface area (TPSA) is 26.3 Å². The Bertz CT molecular complexity index is 154. The summed E-state index contributed by atoms with van der Waals surface area (Å²) in [6.07, 6.45) is -5.79. The van der Waals surface area contributed by atoms with E-state index in [0.717, 1.165) is 0 Å². The molecule has 64 valence electrons. The quantitative estimate of drug-likeness (QED) is 0.549. The number of carbonyl (C=O) groups is 1. The van der Waals surface area contributed by atoms with E-state index in [-0.39, 0.29) is 13.0 Å². The van der Waals surface area contributed by atoms with Crippen LogP contribution < -0.4 is 0 Å². The summed E-state index contributed by atoms with van der Waals surface area (Å²) in [6.45, 7) is 0.0214. The van der Waals surface area contributed by atoms with Gasteiger partial charge < -0.3 is 9.53 Å².